The Morgan fingerprint density at radius 3 is 2.62 bits per heavy atom. The average Bonchev–Trinajstić information content (AvgIpc) is 2.82. The SMILES string of the molecule is CCNc1nc(N(CC(F)(F)F)C(C)C)c2ccsc2n1. The quantitative estimate of drug-likeness (QED) is 0.908. The van der Waals surface area contributed by atoms with E-state index in [4.69, 9.17) is 0 Å². The topological polar surface area (TPSA) is 41.1 Å². The summed E-state index contributed by atoms with van der Waals surface area (Å²) >= 11 is 1.39. The van der Waals surface area contributed by atoms with Crippen LogP contribution in [0.15, 0.2) is 11.4 Å². The van der Waals surface area contributed by atoms with Crippen molar-refractivity contribution in [3.8, 4) is 0 Å². The lowest BCUT2D eigenvalue weighted by molar-refractivity contribution is -0.120. The zero-order valence-corrected chi connectivity index (χ0v) is 12.8. The van der Waals surface area contributed by atoms with Crippen LogP contribution in [0.5, 0.6) is 0 Å². The highest BCUT2D eigenvalue weighted by molar-refractivity contribution is 7.16. The molecule has 2 aromatic heterocycles. The molecule has 0 unspecified atom stereocenters. The molecule has 0 atom stereocenters. The average molecular weight is 318 g/mol. The summed E-state index contributed by atoms with van der Waals surface area (Å²) in [6.45, 7) is 4.91. The Hall–Kier alpha value is -1.57. The second kappa shape index (κ2) is 6.05. The van der Waals surface area contributed by atoms with E-state index in [1.165, 1.54) is 16.2 Å². The summed E-state index contributed by atoms with van der Waals surface area (Å²) in [5.41, 5.74) is 0. The number of aromatic nitrogens is 2. The van der Waals surface area contributed by atoms with E-state index in [0.717, 1.165) is 0 Å². The molecule has 0 fully saturated rings. The highest BCUT2D eigenvalue weighted by Gasteiger charge is 2.33. The zero-order valence-electron chi connectivity index (χ0n) is 12.0. The fourth-order valence-electron chi connectivity index (χ4n) is 1.99. The van der Waals surface area contributed by atoms with Gasteiger partial charge in [-0.3, -0.25) is 0 Å². The van der Waals surface area contributed by atoms with Gasteiger partial charge in [0.1, 0.15) is 17.2 Å². The van der Waals surface area contributed by atoms with Gasteiger partial charge in [-0.1, -0.05) is 0 Å². The van der Waals surface area contributed by atoms with Crippen LogP contribution in [0.4, 0.5) is 24.9 Å². The van der Waals surface area contributed by atoms with Crippen molar-refractivity contribution in [2.75, 3.05) is 23.3 Å². The second-order valence-corrected chi connectivity index (χ2v) is 5.77. The summed E-state index contributed by atoms with van der Waals surface area (Å²) in [4.78, 5) is 10.5. The predicted octanol–water partition coefficient (Wildman–Crippen LogP) is 3.90. The van der Waals surface area contributed by atoms with Gasteiger partial charge in [0.25, 0.3) is 0 Å². The minimum absolute atomic E-state index is 0.320. The molecule has 0 saturated carbocycles. The molecular formula is C13H17F3N4S. The number of halogens is 3. The van der Waals surface area contributed by atoms with Gasteiger partial charge in [-0.05, 0) is 32.2 Å². The number of rotatable bonds is 5. The van der Waals surface area contributed by atoms with Gasteiger partial charge in [-0.15, -0.1) is 11.3 Å². The van der Waals surface area contributed by atoms with Crippen molar-refractivity contribution in [3.63, 3.8) is 0 Å². The van der Waals surface area contributed by atoms with Crippen LogP contribution in [-0.2, 0) is 0 Å². The zero-order chi connectivity index (χ0) is 15.6. The number of hydrogen-bond donors (Lipinski definition) is 1. The Kier molecular flexibility index (Phi) is 4.55. The Morgan fingerprint density at radius 1 is 1.33 bits per heavy atom. The number of alkyl halides is 3. The highest BCUT2D eigenvalue weighted by Crippen LogP contribution is 2.32. The first-order valence-corrected chi connectivity index (χ1v) is 7.52. The van der Waals surface area contributed by atoms with Crippen molar-refractivity contribution < 1.29 is 13.2 Å². The van der Waals surface area contributed by atoms with Crippen molar-refractivity contribution in [2.45, 2.75) is 33.0 Å². The van der Waals surface area contributed by atoms with Crippen molar-refractivity contribution in [1.82, 2.24) is 9.97 Å². The summed E-state index contributed by atoms with van der Waals surface area (Å²) in [7, 11) is 0. The Labute approximate surface area is 125 Å². The summed E-state index contributed by atoms with van der Waals surface area (Å²) in [6, 6.07) is 1.44. The van der Waals surface area contributed by atoms with Gasteiger partial charge < -0.3 is 10.2 Å². The molecule has 2 aromatic rings. The smallest absolute Gasteiger partial charge is 0.354 e. The molecule has 0 radical (unpaired) electrons. The van der Waals surface area contributed by atoms with E-state index in [1.807, 2.05) is 12.3 Å². The van der Waals surface area contributed by atoms with Crippen LogP contribution < -0.4 is 10.2 Å². The molecule has 0 aliphatic rings. The van der Waals surface area contributed by atoms with Crippen LogP contribution in [0.1, 0.15) is 20.8 Å². The van der Waals surface area contributed by atoms with Gasteiger partial charge in [0.05, 0.1) is 5.39 Å². The molecular weight excluding hydrogens is 301 g/mol. The van der Waals surface area contributed by atoms with Crippen molar-refractivity contribution >= 4 is 33.3 Å². The molecule has 0 spiro atoms. The maximum absolute atomic E-state index is 12.8. The molecule has 1 N–H and O–H groups in total. The van der Waals surface area contributed by atoms with Crippen LogP contribution in [-0.4, -0.2) is 35.3 Å². The van der Waals surface area contributed by atoms with Gasteiger partial charge in [0, 0.05) is 12.6 Å². The van der Waals surface area contributed by atoms with Crippen LogP contribution in [0, 0.1) is 0 Å². The number of thiophene rings is 1. The van der Waals surface area contributed by atoms with Gasteiger partial charge in [0.15, 0.2) is 0 Å². The standard InChI is InChI=1S/C13H17F3N4S/c1-4-17-12-18-10(9-5-6-21-11(9)19-12)20(8(2)3)7-13(14,15)16/h5-6,8H,4,7H2,1-3H3,(H,17,18,19). The number of fused-ring (bicyclic) bond motifs is 1. The van der Waals surface area contributed by atoms with E-state index in [0.29, 0.717) is 28.5 Å². The lowest BCUT2D eigenvalue weighted by Gasteiger charge is -2.29. The molecule has 0 amide bonds. The first kappa shape index (κ1) is 15.8. The molecule has 8 heteroatoms. The Morgan fingerprint density at radius 2 is 2.05 bits per heavy atom. The largest absolute Gasteiger partial charge is 0.405 e. The first-order chi connectivity index (χ1) is 9.81. The van der Waals surface area contributed by atoms with E-state index in [9.17, 15) is 13.2 Å². The highest BCUT2D eigenvalue weighted by atomic mass is 32.1. The molecule has 2 heterocycles. The normalized spacial score (nSPS) is 12.1. The molecule has 0 aromatic carbocycles. The van der Waals surface area contributed by atoms with E-state index >= 15 is 0 Å². The van der Waals surface area contributed by atoms with Crippen LogP contribution in [0.2, 0.25) is 0 Å². The Balaban J connectivity index is 2.52. The molecule has 0 bridgehead atoms. The second-order valence-electron chi connectivity index (χ2n) is 4.88. The molecule has 4 nitrogen and oxygen atoms in total. The third-order valence-electron chi connectivity index (χ3n) is 2.88. The first-order valence-electron chi connectivity index (χ1n) is 6.64. The van der Waals surface area contributed by atoms with E-state index < -0.39 is 12.7 Å². The number of nitrogens with zero attached hydrogens (tertiary/aromatic N) is 3. The molecule has 0 saturated heterocycles. The lowest BCUT2D eigenvalue weighted by atomic mass is 10.2. The van der Waals surface area contributed by atoms with Gasteiger partial charge >= 0.3 is 6.18 Å². The predicted molar refractivity (Wildman–Crippen MR) is 80.1 cm³/mol. The van der Waals surface area contributed by atoms with E-state index in [1.54, 1.807) is 19.9 Å². The molecule has 0 aliphatic carbocycles. The van der Waals surface area contributed by atoms with Crippen molar-refractivity contribution in [2.24, 2.45) is 0 Å². The molecule has 2 rings (SSSR count). The minimum Gasteiger partial charge on any atom is -0.354 e. The van der Waals surface area contributed by atoms with Gasteiger partial charge in [-0.2, -0.15) is 18.2 Å². The number of anilines is 2. The lowest BCUT2D eigenvalue weighted by Crippen LogP contribution is -2.39. The third kappa shape index (κ3) is 3.75. The maximum Gasteiger partial charge on any atom is 0.405 e. The molecule has 0 aliphatic heterocycles. The van der Waals surface area contributed by atoms with Crippen LogP contribution in [0.3, 0.4) is 0 Å². The monoisotopic (exact) mass is 318 g/mol. The summed E-state index contributed by atoms with van der Waals surface area (Å²) in [5.74, 6) is 0.680. The van der Waals surface area contributed by atoms with Gasteiger partial charge in [-0.25, -0.2) is 4.98 Å². The van der Waals surface area contributed by atoms with Gasteiger partial charge in [0.2, 0.25) is 5.95 Å². The summed E-state index contributed by atoms with van der Waals surface area (Å²) < 4.78 is 38.5. The Bertz CT molecular complexity index is 609. The van der Waals surface area contributed by atoms with Crippen molar-refractivity contribution in [3.05, 3.63) is 11.4 Å². The fraction of sp³-hybridized carbons (Fsp3) is 0.538. The molecule has 21 heavy (non-hydrogen) atoms. The third-order valence-corrected chi connectivity index (χ3v) is 3.69. The fourth-order valence-corrected chi connectivity index (χ4v) is 2.75. The molecule has 116 valence electrons. The number of nitrogens with one attached hydrogen (secondary N) is 1. The summed E-state index contributed by atoms with van der Waals surface area (Å²) in [5, 5.41) is 5.43. The van der Waals surface area contributed by atoms with E-state index in [2.05, 4.69) is 15.3 Å². The minimum atomic E-state index is -4.28. The van der Waals surface area contributed by atoms with E-state index in [-0.39, 0.29) is 6.04 Å². The number of hydrogen-bond acceptors (Lipinski definition) is 5. The van der Waals surface area contributed by atoms with Crippen LogP contribution in [0.25, 0.3) is 10.2 Å². The van der Waals surface area contributed by atoms with Crippen LogP contribution >= 0.6 is 11.3 Å². The maximum atomic E-state index is 12.8. The summed E-state index contributed by atoms with van der Waals surface area (Å²) in [6.07, 6.45) is -4.28. The van der Waals surface area contributed by atoms with Crippen molar-refractivity contribution in [1.29, 1.82) is 0 Å².